The molecule has 2 aromatic rings. The van der Waals surface area contributed by atoms with Crippen LogP contribution in [0, 0.1) is 0 Å². The van der Waals surface area contributed by atoms with Gasteiger partial charge in [0.1, 0.15) is 37.2 Å². The van der Waals surface area contributed by atoms with Gasteiger partial charge in [-0.15, -0.1) is 0 Å². The Balaban J connectivity index is 2.33. The van der Waals surface area contributed by atoms with Crippen LogP contribution < -0.4 is 0 Å². The number of hydrogen-bond acceptors (Lipinski definition) is 6. The molecule has 0 aliphatic carbocycles. The standard InChI is InChI=1S/C18H25N5O2/c1-13(22-25-5)17(21-24)16(23-12-19-11-20-23)10-14-6-8-15(9-7-14)18(2,3)4/h6-9,11-12,16,24H,10H2,1-5H3. The number of hydrogen-bond donors (Lipinski definition) is 1. The van der Waals surface area contributed by atoms with Crippen molar-refractivity contribution in [3.8, 4) is 0 Å². The van der Waals surface area contributed by atoms with Gasteiger partial charge >= 0.3 is 0 Å². The summed E-state index contributed by atoms with van der Waals surface area (Å²) in [6.45, 7) is 8.27. The third-order valence-corrected chi connectivity index (χ3v) is 4.03. The van der Waals surface area contributed by atoms with Crippen LogP contribution in [0.1, 0.15) is 44.9 Å². The summed E-state index contributed by atoms with van der Waals surface area (Å²) in [5.41, 5.74) is 3.33. The molecule has 1 heterocycles. The van der Waals surface area contributed by atoms with Gasteiger partial charge in [-0.05, 0) is 23.5 Å². The minimum atomic E-state index is -0.341. The maximum atomic E-state index is 9.51. The van der Waals surface area contributed by atoms with Crippen molar-refractivity contribution in [2.24, 2.45) is 10.3 Å². The van der Waals surface area contributed by atoms with Crippen molar-refractivity contribution in [3.05, 3.63) is 48.0 Å². The molecular formula is C18H25N5O2. The van der Waals surface area contributed by atoms with Gasteiger partial charge in [0.05, 0.1) is 0 Å². The topological polar surface area (TPSA) is 84.9 Å². The molecule has 0 saturated heterocycles. The zero-order valence-electron chi connectivity index (χ0n) is 15.3. The number of aromatic nitrogens is 3. The SMILES string of the molecule is CON=C(C)C(=NO)C(Cc1ccc(C(C)(C)C)cc1)n1cncn1. The maximum absolute atomic E-state index is 9.51. The highest BCUT2D eigenvalue weighted by Crippen LogP contribution is 2.24. The third-order valence-electron chi connectivity index (χ3n) is 4.03. The van der Waals surface area contributed by atoms with Gasteiger partial charge in [0.2, 0.25) is 0 Å². The van der Waals surface area contributed by atoms with Crippen LogP contribution in [0.4, 0.5) is 0 Å². The van der Waals surface area contributed by atoms with Crippen LogP contribution in [0.15, 0.2) is 47.2 Å². The second kappa shape index (κ2) is 7.92. The van der Waals surface area contributed by atoms with E-state index in [2.05, 4.69) is 65.4 Å². The van der Waals surface area contributed by atoms with Crippen LogP contribution in [-0.4, -0.2) is 38.5 Å². The predicted octanol–water partition coefficient (Wildman–Crippen LogP) is 3.21. The minimum absolute atomic E-state index is 0.100. The fraction of sp³-hybridized carbons (Fsp3) is 0.444. The Morgan fingerprint density at radius 3 is 2.44 bits per heavy atom. The Labute approximate surface area is 148 Å². The van der Waals surface area contributed by atoms with Gasteiger partial charge < -0.3 is 10.0 Å². The van der Waals surface area contributed by atoms with Crippen LogP contribution in [0.25, 0.3) is 0 Å². The smallest absolute Gasteiger partial charge is 0.137 e. The van der Waals surface area contributed by atoms with E-state index in [1.807, 2.05) is 0 Å². The molecule has 0 bridgehead atoms. The van der Waals surface area contributed by atoms with Crippen LogP contribution in [0.3, 0.4) is 0 Å². The lowest BCUT2D eigenvalue weighted by molar-refractivity contribution is 0.213. The Bertz CT molecular complexity index is 728. The van der Waals surface area contributed by atoms with E-state index in [4.69, 9.17) is 4.84 Å². The van der Waals surface area contributed by atoms with Crippen molar-refractivity contribution >= 4 is 11.4 Å². The molecule has 1 aromatic heterocycles. The lowest BCUT2D eigenvalue weighted by atomic mass is 9.86. The summed E-state index contributed by atoms with van der Waals surface area (Å²) in [6.07, 6.45) is 3.64. The molecule has 0 aliphatic heterocycles. The van der Waals surface area contributed by atoms with E-state index in [0.29, 0.717) is 17.8 Å². The zero-order valence-corrected chi connectivity index (χ0v) is 15.3. The molecule has 1 unspecified atom stereocenters. The number of oxime groups is 2. The van der Waals surface area contributed by atoms with Gasteiger partial charge in [0.15, 0.2) is 0 Å². The van der Waals surface area contributed by atoms with Gasteiger partial charge in [-0.3, -0.25) is 0 Å². The summed E-state index contributed by atoms with van der Waals surface area (Å²) < 4.78 is 1.65. The molecule has 1 atom stereocenters. The van der Waals surface area contributed by atoms with Crippen molar-refractivity contribution in [1.29, 1.82) is 0 Å². The van der Waals surface area contributed by atoms with E-state index < -0.39 is 0 Å². The summed E-state index contributed by atoms with van der Waals surface area (Å²) in [6, 6.07) is 8.08. The van der Waals surface area contributed by atoms with Crippen LogP contribution in [0.5, 0.6) is 0 Å². The third kappa shape index (κ3) is 4.65. The first kappa shape index (κ1) is 18.6. The number of nitrogens with zero attached hydrogens (tertiary/aromatic N) is 5. The van der Waals surface area contributed by atoms with E-state index >= 15 is 0 Å². The largest absolute Gasteiger partial charge is 0.411 e. The fourth-order valence-electron chi connectivity index (χ4n) is 2.62. The number of rotatable bonds is 6. The van der Waals surface area contributed by atoms with Crippen molar-refractivity contribution in [2.45, 2.75) is 45.6 Å². The first-order chi connectivity index (χ1) is 11.9. The van der Waals surface area contributed by atoms with E-state index in [0.717, 1.165) is 5.56 Å². The molecule has 0 aliphatic rings. The van der Waals surface area contributed by atoms with Gasteiger partial charge in [-0.1, -0.05) is 55.3 Å². The quantitative estimate of drug-likeness (QED) is 0.496. The molecule has 0 radical (unpaired) electrons. The number of benzene rings is 1. The van der Waals surface area contributed by atoms with Crippen molar-refractivity contribution in [2.75, 3.05) is 7.11 Å². The zero-order chi connectivity index (χ0) is 18.4. The summed E-state index contributed by atoms with van der Waals surface area (Å²) in [4.78, 5) is 8.81. The van der Waals surface area contributed by atoms with E-state index in [-0.39, 0.29) is 11.5 Å². The average molecular weight is 343 g/mol. The van der Waals surface area contributed by atoms with Gasteiger partial charge in [-0.25, -0.2) is 9.67 Å². The fourth-order valence-corrected chi connectivity index (χ4v) is 2.62. The van der Waals surface area contributed by atoms with Crippen LogP contribution in [-0.2, 0) is 16.7 Å². The molecule has 0 fully saturated rings. The first-order valence-corrected chi connectivity index (χ1v) is 8.10. The molecule has 1 N–H and O–H groups in total. The Kier molecular flexibility index (Phi) is 5.90. The van der Waals surface area contributed by atoms with Gasteiger partial charge in [0, 0.05) is 6.42 Å². The van der Waals surface area contributed by atoms with Crippen molar-refractivity contribution in [1.82, 2.24) is 14.8 Å². The summed E-state index contributed by atoms with van der Waals surface area (Å²) in [5.74, 6) is 0. The Hall–Kier alpha value is -2.70. The van der Waals surface area contributed by atoms with E-state index in [1.165, 1.54) is 19.0 Å². The minimum Gasteiger partial charge on any atom is -0.411 e. The summed E-state index contributed by atoms with van der Waals surface area (Å²) >= 11 is 0. The molecule has 134 valence electrons. The van der Waals surface area contributed by atoms with Crippen molar-refractivity contribution < 1.29 is 10.0 Å². The molecule has 1 aromatic carbocycles. The maximum Gasteiger partial charge on any atom is 0.137 e. The molecule has 0 saturated carbocycles. The lowest BCUT2D eigenvalue weighted by Crippen LogP contribution is -2.28. The van der Waals surface area contributed by atoms with E-state index in [9.17, 15) is 5.21 Å². The van der Waals surface area contributed by atoms with Gasteiger partial charge in [0.25, 0.3) is 0 Å². The summed E-state index contributed by atoms with van der Waals surface area (Å²) in [7, 11) is 1.45. The van der Waals surface area contributed by atoms with Crippen LogP contribution in [0.2, 0.25) is 0 Å². The summed E-state index contributed by atoms with van der Waals surface area (Å²) in [5, 5.41) is 21.0. The van der Waals surface area contributed by atoms with Crippen molar-refractivity contribution in [3.63, 3.8) is 0 Å². The lowest BCUT2D eigenvalue weighted by Gasteiger charge is -2.21. The molecule has 0 spiro atoms. The monoisotopic (exact) mass is 343 g/mol. The molecule has 2 rings (SSSR count). The van der Waals surface area contributed by atoms with Crippen LogP contribution >= 0.6 is 0 Å². The molecular weight excluding hydrogens is 318 g/mol. The second-order valence-corrected chi connectivity index (χ2v) is 6.89. The molecule has 25 heavy (non-hydrogen) atoms. The highest BCUT2D eigenvalue weighted by atomic mass is 16.6. The average Bonchev–Trinajstić information content (AvgIpc) is 3.09. The van der Waals surface area contributed by atoms with Gasteiger partial charge in [-0.2, -0.15) is 5.10 Å². The highest BCUT2D eigenvalue weighted by molar-refractivity contribution is 6.42. The second-order valence-electron chi connectivity index (χ2n) is 6.89. The molecule has 7 nitrogen and oxygen atoms in total. The molecule has 7 heteroatoms. The predicted molar refractivity (Wildman–Crippen MR) is 97.2 cm³/mol. The first-order valence-electron chi connectivity index (χ1n) is 8.10. The highest BCUT2D eigenvalue weighted by Gasteiger charge is 2.24. The Morgan fingerprint density at radius 2 is 1.96 bits per heavy atom. The normalized spacial score (nSPS) is 14.4. The Morgan fingerprint density at radius 1 is 1.28 bits per heavy atom. The van der Waals surface area contributed by atoms with E-state index in [1.54, 1.807) is 17.9 Å². The molecule has 0 amide bonds.